The number of aromatic carboxylic acids is 1. The van der Waals surface area contributed by atoms with Gasteiger partial charge in [-0.25, -0.2) is 17.1 Å². The van der Waals surface area contributed by atoms with Crippen LogP contribution in [-0.4, -0.2) is 36.4 Å². The maximum Gasteiger partial charge on any atom is 0.643 e. The van der Waals surface area contributed by atoms with E-state index in [9.17, 15) is 27.2 Å². The number of carboxylic acid groups (broad SMARTS) is 1. The Morgan fingerprint density at radius 2 is 1.67 bits per heavy atom. The standard InChI is InChI=1S/C7H5NO4.CH3F3OSi/c9-7(10)5-1-3-6(4-2-5)8(11)12;2-6(3,4)1-5/h1-4H,(H,9,10);5H,1H2. The summed E-state index contributed by atoms with van der Waals surface area (Å²) >= 11 is 0. The molecule has 0 spiro atoms. The molecule has 0 radical (unpaired) electrons. The maximum absolute atomic E-state index is 10.7. The molecular weight excluding hydrogens is 275 g/mol. The lowest BCUT2D eigenvalue weighted by Gasteiger charge is -1.92. The molecule has 0 saturated heterocycles. The zero-order valence-corrected chi connectivity index (χ0v) is 9.72. The van der Waals surface area contributed by atoms with Crippen LogP contribution in [0.5, 0.6) is 0 Å². The Hall–Kier alpha value is -1.94. The number of hydrogen-bond acceptors (Lipinski definition) is 4. The topological polar surface area (TPSA) is 101 Å². The van der Waals surface area contributed by atoms with Crippen LogP contribution in [0.15, 0.2) is 24.3 Å². The predicted octanol–water partition coefficient (Wildman–Crippen LogP) is 1.66. The number of benzene rings is 1. The van der Waals surface area contributed by atoms with Crippen molar-refractivity contribution >= 4 is 20.7 Å². The van der Waals surface area contributed by atoms with Crippen molar-refractivity contribution in [2.45, 2.75) is 0 Å². The third-order valence-corrected chi connectivity index (χ3v) is 1.86. The minimum Gasteiger partial charge on any atom is -0.478 e. The zero-order chi connectivity index (χ0) is 14.3. The molecule has 0 aliphatic heterocycles. The lowest BCUT2D eigenvalue weighted by molar-refractivity contribution is -0.384. The Morgan fingerprint density at radius 1 is 1.28 bits per heavy atom. The van der Waals surface area contributed by atoms with Gasteiger partial charge in [0.15, 0.2) is 0 Å². The van der Waals surface area contributed by atoms with Crippen molar-refractivity contribution in [3.63, 3.8) is 0 Å². The monoisotopic (exact) mass is 283 g/mol. The number of nitro benzene ring substituents is 1. The van der Waals surface area contributed by atoms with Gasteiger partial charge in [-0.2, -0.15) is 0 Å². The van der Waals surface area contributed by atoms with E-state index in [4.69, 9.17) is 10.2 Å². The average Bonchev–Trinajstić information content (AvgIpc) is 2.29. The minimum absolute atomic E-state index is 0.0422. The van der Waals surface area contributed by atoms with Crippen molar-refractivity contribution in [2.24, 2.45) is 0 Å². The van der Waals surface area contributed by atoms with Gasteiger partial charge in [0.1, 0.15) is 6.23 Å². The first-order chi connectivity index (χ1) is 8.17. The van der Waals surface area contributed by atoms with Crippen molar-refractivity contribution in [1.29, 1.82) is 0 Å². The largest absolute Gasteiger partial charge is 0.643 e. The Kier molecular flexibility index (Phi) is 5.99. The number of aliphatic hydroxyl groups is 1. The molecule has 2 N–H and O–H groups in total. The van der Waals surface area contributed by atoms with E-state index in [-0.39, 0.29) is 11.3 Å². The Labute approximate surface area is 100.0 Å². The number of nitrogens with zero attached hydrogens (tertiary/aromatic N) is 1. The first kappa shape index (κ1) is 16.1. The summed E-state index contributed by atoms with van der Waals surface area (Å²) in [5, 5.41) is 25.9. The number of nitro groups is 1. The first-order valence-corrected chi connectivity index (χ1v) is 6.17. The second-order valence-corrected chi connectivity index (χ2v) is 4.43. The molecule has 1 rings (SSSR count). The Balaban J connectivity index is 0.000000411. The Bertz CT molecular complexity index is 387. The first-order valence-electron chi connectivity index (χ1n) is 4.32. The van der Waals surface area contributed by atoms with Crippen LogP contribution in [0.4, 0.5) is 18.0 Å². The molecular formula is C8H8F3NO5Si. The third-order valence-electron chi connectivity index (χ3n) is 1.50. The van der Waals surface area contributed by atoms with E-state index < -0.39 is 26.2 Å². The van der Waals surface area contributed by atoms with Crippen LogP contribution in [0, 0.1) is 10.1 Å². The van der Waals surface area contributed by atoms with Crippen LogP contribution in [-0.2, 0) is 0 Å². The van der Waals surface area contributed by atoms with E-state index in [0.717, 1.165) is 12.1 Å². The van der Waals surface area contributed by atoms with Crippen LogP contribution >= 0.6 is 0 Å². The fourth-order valence-electron chi connectivity index (χ4n) is 0.726. The maximum atomic E-state index is 10.7. The lowest BCUT2D eigenvalue weighted by atomic mass is 10.2. The van der Waals surface area contributed by atoms with E-state index in [1.165, 1.54) is 12.1 Å². The molecule has 10 heteroatoms. The molecule has 0 amide bonds. The molecule has 1 aromatic rings. The molecule has 0 aliphatic rings. The molecule has 0 fully saturated rings. The van der Waals surface area contributed by atoms with Gasteiger partial charge in [-0.1, -0.05) is 0 Å². The predicted molar refractivity (Wildman–Crippen MR) is 56.2 cm³/mol. The molecule has 6 nitrogen and oxygen atoms in total. The van der Waals surface area contributed by atoms with E-state index in [2.05, 4.69) is 0 Å². The molecule has 0 saturated carbocycles. The molecule has 0 unspecified atom stereocenters. The second-order valence-electron chi connectivity index (χ2n) is 2.88. The normalized spacial score (nSPS) is 10.2. The summed E-state index contributed by atoms with van der Waals surface area (Å²) in [6.45, 7) is 0. The van der Waals surface area contributed by atoms with Crippen LogP contribution in [0.1, 0.15) is 10.4 Å². The highest BCUT2D eigenvalue weighted by molar-refractivity contribution is 6.58. The Morgan fingerprint density at radius 3 is 1.89 bits per heavy atom. The smallest absolute Gasteiger partial charge is 0.478 e. The van der Waals surface area contributed by atoms with Gasteiger partial charge in [-0.3, -0.25) is 10.1 Å². The fraction of sp³-hybridized carbons (Fsp3) is 0.125. The zero-order valence-electron chi connectivity index (χ0n) is 8.72. The van der Waals surface area contributed by atoms with Gasteiger partial charge in [-0.15, -0.1) is 0 Å². The summed E-state index contributed by atoms with van der Waals surface area (Å²) in [6.07, 6.45) is -1.59. The summed E-state index contributed by atoms with van der Waals surface area (Å²) in [5.41, 5.74) is -0.0689. The fourth-order valence-corrected chi connectivity index (χ4v) is 0.726. The molecule has 0 aliphatic carbocycles. The highest BCUT2D eigenvalue weighted by Crippen LogP contribution is 2.11. The number of carboxylic acids is 1. The molecule has 100 valence electrons. The highest BCUT2D eigenvalue weighted by atomic mass is 28.5. The van der Waals surface area contributed by atoms with Crippen LogP contribution in [0.2, 0.25) is 0 Å². The van der Waals surface area contributed by atoms with Gasteiger partial charge < -0.3 is 10.2 Å². The van der Waals surface area contributed by atoms with Gasteiger partial charge >= 0.3 is 15.0 Å². The van der Waals surface area contributed by atoms with Crippen molar-refractivity contribution < 1.29 is 32.3 Å². The number of aliphatic hydroxyl groups excluding tert-OH is 1. The summed E-state index contributed by atoms with van der Waals surface area (Å²) in [7, 11) is -5.58. The van der Waals surface area contributed by atoms with Crippen molar-refractivity contribution in [1.82, 2.24) is 0 Å². The summed E-state index contributed by atoms with van der Waals surface area (Å²) in [6, 6.07) is 4.70. The summed E-state index contributed by atoms with van der Waals surface area (Å²) in [4.78, 5) is 19.9. The van der Waals surface area contributed by atoms with Gasteiger partial charge in [0.05, 0.1) is 10.5 Å². The van der Waals surface area contributed by atoms with Crippen molar-refractivity contribution in [3.8, 4) is 0 Å². The van der Waals surface area contributed by atoms with Crippen LogP contribution in [0.3, 0.4) is 0 Å². The van der Waals surface area contributed by atoms with Gasteiger partial charge in [0.2, 0.25) is 0 Å². The van der Waals surface area contributed by atoms with E-state index in [1.807, 2.05) is 0 Å². The van der Waals surface area contributed by atoms with Gasteiger partial charge in [0, 0.05) is 12.1 Å². The molecule has 0 heterocycles. The number of rotatable bonds is 3. The molecule has 1 aromatic carbocycles. The summed E-state index contributed by atoms with van der Waals surface area (Å²) < 4.78 is 32.0. The van der Waals surface area contributed by atoms with Crippen molar-refractivity contribution in [3.05, 3.63) is 39.9 Å². The third kappa shape index (κ3) is 6.60. The highest BCUT2D eigenvalue weighted by Gasteiger charge is 2.35. The number of non-ortho nitro benzene ring substituents is 1. The van der Waals surface area contributed by atoms with E-state index in [0.29, 0.717) is 0 Å². The SMILES string of the molecule is O=C(O)c1ccc([N+](=O)[O-])cc1.OC[Si](F)(F)F. The molecule has 18 heavy (non-hydrogen) atoms. The van der Waals surface area contributed by atoms with Crippen LogP contribution < -0.4 is 0 Å². The lowest BCUT2D eigenvalue weighted by Crippen LogP contribution is -2.20. The number of hydrogen-bond donors (Lipinski definition) is 2. The molecule has 0 bridgehead atoms. The van der Waals surface area contributed by atoms with Gasteiger partial charge in [0.25, 0.3) is 5.69 Å². The second kappa shape index (κ2) is 6.71. The number of halogens is 3. The van der Waals surface area contributed by atoms with E-state index in [1.54, 1.807) is 0 Å². The van der Waals surface area contributed by atoms with Crippen molar-refractivity contribution in [2.75, 3.05) is 6.23 Å². The quantitative estimate of drug-likeness (QED) is 0.380. The van der Waals surface area contributed by atoms with Crippen LogP contribution in [0.25, 0.3) is 0 Å². The molecule has 0 atom stereocenters. The number of carbonyl (C=O) groups is 1. The van der Waals surface area contributed by atoms with E-state index >= 15 is 0 Å². The van der Waals surface area contributed by atoms with Gasteiger partial charge in [-0.05, 0) is 12.1 Å². The minimum atomic E-state index is -5.58. The average molecular weight is 283 g/mol. The summed E-state index contributed by atoms with van der Waals surface area (Å²) in [5.74, 6) is -1.09. The molecule has 0 aromatic heterocycles.